The van der Waals surface area contributed by atoms with Crippen LogP contribution in [0.15, 0.2) is 12.1 Å². The third kappa shape index (κ3) is 2.19. The molecule has 0 spiro atoms. The van der Waals surface area contributed by atoms with Gasteiger partial charge in [0.15, 0.2) is 0 Å². The molecule has 0 amide bonds. The number of benzene rings is 1. The molecule has 0 unspecified atom stereocenters. The van der Waals surface area contributed by atoms with Gasteiger partial charge < -0.3 is 15.6 Å². The van der Waals surface area contributed by atoms with Gasteiger partial charge in [0.2, 0.25) is 0 Å². The number of methoxy groups -OCH3 is 1. The van der Waals surface area contributed by atoms with Crippen molar-refractivity contribution in [2.45, 2.75) is 44.4 Å². The molecule has 0 bridgehead atoms. The first kappa shape index (κ1) is 13.2. The van der Waals surface area contributed by atoms with Crippen molar-refractivity contribution in [2.24, 2.45) is 5.73 Å². The van der Waals surface area contributed by atoms with Crippen LogP contribution < -0.4 is 10.5 Å². The normalized spacial score (nSPS) is 18.6. The molecular weight excluding hydrogens is 226 g/mol. The number of nitrogens with two attached hydrogens (primary N) is 1. The number of hydrogen-bond donors (Lipinski definition) is 2. The third-order valence-electron chi connectivity index (χ3n) is 4.24. The van der Waals surface area contributed by atoms with Crippen LogP contribution in [-0.4, -0.2) is 18.8 Å². The van der Waals surface area contributed by atoms with Crippen LogP contribution in [0, 0.1) is 6.92 Å². The van der Waals surface area contributed by atoms with Crippen LogP contribution >= 0.6 is 0 Å². The first-order valence-corrected chi connectivity index (χ1v) is 6.71. The van der Waals surface area contributed by atoms with Gasteiger partial charge in [0.25, 0.3) is 0 Å². The van der Waals surface area contributed by atoms with Gasteiger partial charge >= 0.3 is 0 Å². The van der Waals surface area contributed by atoms with Crippen molar-refractivity contribution in [3.8, 4) is 11.5 Å². The predicted octanol–water partition coefficient (Wildman–Crippen LogP) is 2.87. The first-order chi connectivity index (χ1) is 8.63. The molecule has 1 aromatic carbocycles. The Bertz CT molecular complexity index is 423. The summed E-state index contributed by atoms with van der Waals surface area (Å²) < 4.78 is 5.47. The zero-order valence-corrected chi connectivity index (χ0v) is 11.3. The summed E-state index contributed by atoms with van der Waals surface area (Å²) in [5.74, 6) is 1.04. The average molecular weight is 249 g/mol. The second-order valence-corrected chi connectivity index (χ2v) is 5.39. The van der Waals surface area contributed by atoms with Crippen LogP contribution in [-0.2, 0) is 5.41 Å². The maximum absolute atomic E-state index is 9.69. The Kier molecular flexibility index (Phi) is 3.81. The summed E-state index contributed by atoms with van der Waals surface area (Å²) in [4.78, 5) is 0. The quantitative estimate of drug-likeness (QED) is 0.866. The summed E-state index contributed by atoms with van der Waals surface area (Å²) in [5, 5.41) is 9.69. The van der Waals surface area contributed by atoms with E-state index in [9.17, 15) is 5.11 Å². The maximum Gasteiger partial charge on any atom is 0.126 e. The van der Waals surface area contributed by atoms with E-state index < -0.39 is 0 Å². The van der Waals surface area contributed by atoms with E-state index in [4.69, 9.17) is 10.5 Å². The molecule has 1 fully saturated rings. The maximum atomic E-state index is 9.69. The highest BCUT2D eigenvalue weighted by Gasteiger charge is 2.36. The fraction of sp³-hybridized carbons (Fsp3) is 0.600. The van der Waals surface area contributed by atoms with Gasteiger partial charge in [-0.3, -0.25) is 0 Å². The number of hydrogen-bond acceptors (Lipinski definition) is 3. The number of phenolic OH excluding ortho intramolecular Hbond substituents is 1. The lowest BCUT2D eigenvalue weighted by molar-refractivity contribution is 0.286. The molecule has 1 aromatic rings. The van der Waals surface area contributed by atoms with E-state index in [1.165, 1.54) is 24.8 Å². The van der Waals surface area contributed by atoms with E-state index >= 15 is 0 Å². The molecule has 1 aliphatic rings. The Morgan fingerprint density at radius 3 is 2.50 bits per heavy atom. The fourth-order valence-electron chi connectivity index (χ4n) is 3.36. The Morgan fingerprint density at radius 2 is 1.94 bits per heavy atom. The van der Waals surface area contributed by atoms with Gasteiger partial charge in [-0.15, -0.1) is 0 Å². The highest BCUT2D eigenvalue weighted by Crippen LogP contribution is 2.45. The fourth-order valence-corrected chi connectivity index (χ4v) is 3.36. The number of aryl methyl sites for hydroxylation is 1. The van der Waals surface area contributed by atoms with Gasteiger partial charge in [0, 0.05) is 23.6 Å². The Balaban J connectivity index is 2.53. The van der Waals surface area contributed by atoms with Crippen molar-refractivity contribution in [3.05, 3.63) is 23.3 Å². The third-order valence-corrected chi connectivity index (χ3v) is 4.24. The van der Waals surface area contributed by atoms with Crippen LogP contribution in [0.5, 0.6) is 11.5 Å². The van der Waals surface area contributed by atoms with Crippen LogP contribution in [0.25, 0.3) is 0 Å². The van der Waals surface area contributed by atoms with Crippen molar-refractivity contribution >= 4 is 0 Å². The Labute approximate surface area is 109 Å². The molecule has 100 valence electrons. The monoisotopic (exact) mass is 249 g/mol. The standard InChI is InChI=1S/C15H23NO2/c1-11-8-12(17)9-13(18-2)14(11)15(10-16)6-4-3-5-7-15/h8-9,17H,3-7,10,16H2,1-2H3. The molecule has 0 aromatic heterocycles. The van der Waals surface area contributed by atoms with E-state index in [2.05, 4.69) is 0 Å². The van der Waals surface area contributed by atoms with Crippen LogP contribution in [0.2, 0.25) is 0 Å². The smallest absolute Gasteiger partial charge is 0.126 e. The first-order valence-electron chi connectivity index (χ1n) is 6.71. The van der Waals surface area contributed by atoms with Gasteiger partial charge in [-0.2, -0.15) is 0 Å². The van der Waals surface area contributed by atoms with Crippen molar-refractivity contribution < 1.29 is 9.84 Å². The molecule has 1 saturated carbocycles. The van der Waals surface area contributed by atoms with Gasteiger partial charge in [0.05, 0.1) is 7.11 Å². The van der Waals surface area contributed by atoms with Crippen molar-refractivity contribution in [2.75, 3.05) is 13.7 Å². The van der Waals surface area contributed by atoms with Crippen molar-refractivity contribution in [1.82, 2.24) is 0 Å². The highest BCUT2D eigenvalue weighted by atomic mass is 16.5. The molecule has 0 radical (unpaired) electrons. The van der Waals surface area contributed by atoms with Crippen LogP contribution in [0.3, 0.4) is 0 Å². The lowest BCUT2D eigenvalue weighted by atomic mass is 9.68. The molecule has 0 atom stereocenters. The summed E-state index contributed by atoms with van der Waals surface area (Å²) in [5.41, 5.74) is 8.39. The van der Waals surface area contributed by atoms with Crippen molar-refractivity contribution in [3.63, 3.8) is 0 Å². The minimum atomic E-state index is 0.0291. The second kappa shape index (κ2) is 5.19. The molecule has 2 rings (SSSR count). The number of aromatic hydroxyl groups is 1. The van der Waals surface area contributed by atoms with Gasteiger partial charge in [0.1, 0.15) is 11.5 Å². The molecule has 1 aliphatic carbocycles. The van der Waals surface area contributed by atoms with Gasteiger partial charge in [-0.25, -0.2) is 0 Å². The topological polar surface area (TPSA) is 55.5 Å². The Hall–Kier alpha value is -1.22. The SMILES string of the molecule is COc1cc(O)cc(C)c1C1(CN)CCCCC1. The average Bonchev–Trinajstić information content (AvgIpc) is 2.38. The van der Waals surface area contributed by atoms with Gasteiger partial charge in [-0.05, 0) is 31.4 Å². The summed E-state index contributed by atoms with van der Waals surface area (Å²) in [6, 6.07) is 3.51. The molecule has 3 heteroatoms. The van der Waals surface area contributed by atoms with Crippen molar-refractivity contribution in [1.29, 1.82) is 0 Å². The number of ether oxygens (including phenoxy) is 1. The van der Waals surface area contributed by atoms with E-state index in [-0.39, 0.29) is 11.2 Å². The lowest BCUT2D eigenvalue weighted by Gasteiger charge is -2.38. The molecular formula is C15H23NO2. The van der Waals surface area contributed by atoms with E-state index in [0.717, 1.165) is 24.2 Å². The molecule has 0 aliphatic heterocycles. The minimum absolute atomic E-state index is 0.0291. The summed E-state index contributed by atoms with van der Waals surface area (Å²) in [6.45, 7) is 2.68. The lowest BCUT2D eigenvalue weighted by Crippen LogP contribution is -2.38. The zero-order valence-electron chi connectivity index (χ0n) is 11.3. The summed E-state index contributed by atoms with van der Waals surface area (Å²) in [7, 11) is 1.66. The molecule has 0 saturated heterocycles. The molecule has 18 heavy (non-hydrogen) atoms. The van der Waals surface area contributed by atoms with E-state index in [1.807, 2.05) is 13.0 Å². The zero-order chi connectivity index (χ0) is 13.2. The largest absolute Gasteiger partial charge is 0.508 e. The summed E-state index contributed by atoms with van der Waals surface area (Å²) in [6.07, 6.45) is 5.97. The molecule has 3 N–H and O–H groups in total. The summed E-state index contributed by atoms with van der Waals surface area (Å²) >= 11 is 0. The number of rotatable bonds is 3. The predicted molar refractivity (Wildman–Crippen MR) is 73.2 cm³/mol. The van der Waals surface area contributed by atoms with Crippen LogP contribution in [0.1, 0.15) is 43.2 Å². The van der Waals surface area contributed by atoms with E-state index in [0.29, 0.717) is 6.54 Å². The van der Waals surface area contributed by atoms with Crippen LogP contribution in [0.4, 0.5) is 0 Å². The second-order valence-electron chi connectivity index (χ2n) is 5.39. The Morgan fingerprint density at radius 1 is 1.28 bits per heavy atom. The van der Waals surface area contributed by atoms with E-state index in [1.54, 1.807) is 13.2 Å². The molecule has 0 heterocycles. The van der Waals surface area contributed by atoms with Gasteiger partial charge in [-0.1, -0.05) is 19.3 Å². The minimum Gasteiger partial charge on any atom is -0.508 e. The highest BCUT2D eigenvalue weighted by molar-refractivity contribution is 5.50. The number of phenols is 1. The molecule has 3 nitrogen and oxygen atoms in total.